The molecule has 7 heteroatoms. The van der Waals surface area contributed by atoms with Crippen molar-refractivity contribution in [1.29, 1.82) is 0 Å². The van der Waals surface area contributed by atoms with Crippen molar-refractivity contribution in [3.63, 3.8) is 0 Å². The molecule has 1 aliphatic heterocycles. The van der Waals surface area contributed by atoms with Crippen molar-refractivity contribution in [1.82, 2.24) is 19.8 Å². The number of amides is 1. The van der Waals surface area contributed by atoms with E-state index in [4.69, 9.17) is 4.52 Å². The summed E-state index contributed by atoms with van der Waals surface area (Å²) in [6.45, 7) is 1.65. The molecule has 2 aromatic rings. The van der Waals surface area contributed by atoms with Crippen LogP contribution in [0.25, 0.3) is 0 Å². The summed E-state index contributed by atoms with van der Waals surface area (Å²) in [6.07, 6.45) is 8.75. The number of nitrogens with zero attached hydrogens (tertiary/aromatic N) is 3. The average Bonchev–Trinajstić information content (AvgIpc) is 3.22. The van der Waals surface area contributed by atoms with Gasteiger partial charge in [0, 0.05) is 50.4 Å². The lowest BCUT2D eigenvalue weighted by Gasteiger charge is -2.36. The van der Waals surface area contributed by atoms with E-state index in [9.17, 15) is 9.59 Å². The van der Waals surface area contributed by atoms with E-state index >= 15 is 0 Å². The van der Waals surface area contributed by atoms with Crippen LogP contribution in [0, 0.1) is 0 Å². The van der Waals surface area contributed by atoms with Gasteiger partial charge in [0.05, 0.1) is 0 Å². The van der Waals surface area contributed by atoms with E-state index in [1.54, 1.807) is 6.20 Å². The predicted molar refractivity (Wildman–Crippen MR) is 83.8 cm³/mol. The quantitative estimate of drug-likeness (QED) is 0.876. The first-order chi connectivity index (χ1) is 11.2. The summed E-state index contributed by atoms with van der Waals surface area (Å²) >= 11 is 0. The number of nitrogens with one attached hydrogen (secondary N) is 1. The molecular weight excluding hydrogens is 296 g/mol. The molecule has 23 heavy (non-hydrogen) atoms. The van der Waals surface area contributed by atoms with Crippen LogP contribution in [0.1, 0.15) is 37.9 Å². The van der Waals surface area contributed by atoms with Crippen LogP contribution >= 0.6 is 0 Å². The van der Waals surface area contributed by atoms with E-state index in [2.05, 4.69) is 10.3 Å². The molecule has 3 rings (SSSR count). The van der Waals surface area contributed by atoms with Gasteiger partial charge in [-0.05, 0) is 31.7 Å². The predicted octanol–water partition coefficient (Wildman–Crippen LogP) is 1.57. The van der Waals surface area contributed by atoms with Gasteiger partial charge < -0.3 is 9.42 Å². The molecule has 7 nitrogen and oxygen atoms in total. The van der Waals surface area contributed by atoms with Gasteiger partial charge in [-0.25, -0.2) is 0 Å². The van der Waals surface area contributed by atoms with Crippen molar-refractivity contribution < 1.29 is 9.32 Å². The number of rotatable bonds is 6. The maximum Gasteiger partial charge on any atom is 0.280 e. The van der Waals surface area contributed by atoms with Gasteiger partial charge in [0.15, 0.2) is 0 Å². The van der Waals surface area contributed by atoms with E-state index in [0.717, 1.165) is 32.4 Å². The van der Waals surface area contributed by atoms with Gasteiger partial charge in [0.25, 0.3) is 5.56 Å². The van der Waals surface area contributed by atoms with Gasteiger partial charge in [-0.15, -0.1) is 0 Å². The van der Waals surface area contributed by atoms with Crippen LogP contribution in [0.5, 0.6) is 0 Å². The fraction of sp³-hybridized carbons (Fsp3) is 0.562. The summed E-state index contributed by atoms with van der Waals surface area (Å²) in [5.41, 5.74) is -0.262. The zero-order valence-corrected chi connectivity index (χ0v) is 13.1. The van der Waals surface area contributed by atoms with Gasteiger partial charge in [0.2, 0.25) is 5.91 Å². The van der Waals surface area contributed by atoms with Crippen molar-refractivity contribution in [2.24, 2.45) is 0 Å². The third-order valence-corrected chi connectivity index (χ3v) is 4.36. The highest BCUT2D eigenvalue weighted by atomic mass is 16.5. The number of hydrogen-bond acceptors (Lipinski definition) is 4. The highest BCUT2D eigenvalue weighted by molar-refractivity contribution is 5.76. The molecule has 0 spiro atoms. The Morgan fingerprint density at radius 3 is 3.09 bits per heavy atom. The molecule has 1 fully saturated rings. The second-order valence-corrected chi connectivity index (χ2v) is 5.97. The first-order valence-corrected chi connectivity index (χ1v) is 8.16. The Bertz CT molecular complexity index is 674. The third kappa shape index (κ3) is 4.12. The molecule has 0 radical (unpaired) electrons. The zero-order valence-electron chi connectivity index (χ0n) is 13.1. The van der Waals surface area contributed by atoms with Crippen molar-refractivity contribution >= 4 is 5.91 Å². The Balaban J connectivity index is 1.54. The normalized spacial score (nSPS) is 18.3. The lowest BCUT2D eigenvalue weighted by Crippen LogP contribution is -2.44. The smallest absolute Gasteiger partial charge is 0.280 e. The van der Waals surface area contributed by atoms with Crippen molar-refractivity contribution in [2.45, 2.75) is 51.1 Å². The summed E-state index contributed by atoms with van der Waals surface area (Å²) in [4.78, 5) is 25.6. The Morgan fingerprint density at radius 1 is 1.43 bits per heavy atom. The van der Waals surface area contributed by atoms with Gasteiger partial charge in [-0.3, -0.25) is 14.3 Å². The summed E-state index contributed by atoms with van der Waals surface area (Å²) in [7, 11) is 0. The van der Waals surface area contributed by atoms with E-state index < -0.39 is 0 Å². The standard InChI is InChI=1S/C16H22N4O3/c21-15-12-14(23-18-15)5-6-16(22)20-10-2-1-4-13(20)7-11-19-9-3-8-17-19/h3,8-9,12-13H,1-2,4-7,10-11H2,(H,18,21)/t13-/m0/s1. The molecule has 1 aliphatic rings. The fourth-order valence-electron chi connectivity index (χ4n) is 3.16. The molecule has 1 atom stereocenters. The van der Waals surface area contributed by atoms with Crippen molar-refractivity contribution in [3.05, 3.63) is 40.6 Å². The van der Waals surface area contributed by atoms with Gasteiger partial charge in [0.1, 0.15) is 5.76 Å². The Hall–Kier alpha value is -2.31. The number of aromatic nitrogens is 3. The first-order valence-electron chi connectivity index (χ1n) is 8.16. The maximum absolute atomic E-state index is 12.5. The second-order valence-electron chi connectivity index (χ2n) is 5.97. The molecule has 0 saturated carbocycles. The Morgan fingerprint density at radius 2 is 2.35 bits per heavy atom. The molecule has 1 N–H and O–H groups in total. The van der Waals surface area contributed by atoms with Crippen molar-refractivity contribution in [2.75, 3.05) is 6.54 Å². The van der Waals surface area contributed by atoms with Gasteiger partial charge >= 0.3 is 0 Å². The summed E-state index contributed by atoms with van der Waals surface area (Å²) in [5, 5.41) is 6.47. The molecule has 1 saturated heterocycles. The second kappa shape index (κ2) is 7.30. The number of carbonyl (C=O) groups excluding carboxylic acids is 1. The summed E-state index contributed by atoms with van der Waals surface area (Å²) in [5.74, 6) is 0.674. The number of H-pyrrole nitrogens is 1. The first kappa shape index (κ1) is 15.6. The Labute approximate surface area is 134 Å². The molecular formula is C16H22N4O3. The average molecular weight is 318 g/mol. The topological polar surface area (TPSA) is 84.1 Å². The van der Waals surface area contributed by atoms with Crippen LogP contribution in [-0.4, -0.2) is 38.3 Å². The number of aromatic amines is 1. The van der Waals surface area contributed by atoms with Crippen LogP contribution in [0.4, 0.5) is 0 Å². The molecule has 1 amide bonds. The minimum atomic E-state index is -0.262. The van der Waals surface area contributed by atoms with Gasteiger partial charge in [-0.2, -0.15) is 10.3 Å². The monoisotopic (exact) mass is 318 g/mol. The number of aryl methyl sites for hydroxylation is 2. The largest absolute Gasteiger partial charge is 0.384 e. The van der Waals surface area contributed by atoms with Crippen LogP contribution in [0.2, 0.25) is 0 Å². The van der Waals surface area contributed by atoms with E-state index in [1.807, 2.05) is 21.8 Å². The SMILES string of the molecule is O=C(CCc1cc(=O)[nH]o1)N1CCCC[C@H]1CCn1cccn1. The summed E-state index contributed by atoms with van der Waals surface area (Å²) < 4.78 is 6.91. The third-order valence-electron chi connectivity index (χ3n) is 4.36. The lowest BCUT2D eigenvalue weighted by atomic mass is 9.98. The number of piperidine rings is 1. The zero-order chi connectivity index (χ0) is 16.1. The highest BCUT2D eigenvalue weighted by Crippen LogP contribution is 2.21. The van der Waals surface area contributed by atoms with Gasteiger partial charge in [-0.1, -0.05) is 0 Å². The Kier molecular flexibility index (Phi) is 4.95. The molecule has 124 valence electrons. The van der Waals surface area contributed by atoms with Crippen molar-refractivity contribution in [3.8, 4) is 0 Å². The molecule has 2 aromatic heterocycles. The number of hydrogen-bond donors (Lipinski definition) is 1. The minimum absolute atomic E-state index is 0.138. The number of carbonyl (C=O) groups is 1. The molecule has 0 bridgehead atoms. The molecule has 0 aliphatic carbocycles. The van der Waals surface area contributed by atoms with E-state index in [-0.39, 0.29) is 17.5 Å². The van der Waals surface area contributed by atoms with Crippen LogP contribution in [0.3, 0.4) is 0 Å². The van der Waals surface area contributed by atoms with Crippen LogP contribution in [0.15, 0.2) is 33.8 Å². The lowest BCUT2D eigenvalue weighted by molar-refractivity contribution is -0.135. The highest BCUT2D eigenvalue weighted by Gasteiger charge is 2.26. The van der Waals surface area contributed by atoms with E-state index in [0.29, 0.717) is 18.6 Å². The summed E-state index contributed by atoms with van der Waals surface area (Å²) in [6, 6.07) is 3.59. The van der Waals surface area contributed by atoms with Crippen LogP contribution in [-0.2, 0) is 17.8 Å². The minimum Gasteiger partial charge on any atom is -0.384 e. The molecule has 0 aromatic carbocycles. The molecule has 0 unspecified atom stereocenters. The number of likely N-dealkylation sites (tertiary alicyclic amines) is 1. The van der Waals surface area contributed by atoms with E-state index in [1.165, 1.54) is 12.5 Å². The van der Waals surface area contributed by atoms with Crippen LogP contribution < -0.4 is 5.56 Å². The molecule has 3 heterocycles. The fourth-order valence-corrected chi connectivity index (χ4v) is 3.16. The maximum atomic E-state index is 12.5.